The third-order valence-electron chi connectivity index (χ3n) is 4.26. The lowest BCUT2D eigenvalue weighted by Crippen LogP contribution is -2.14. The Labute approximate surface area is 120 Å². The maximum atomic E-state index is 2.39. The Morgan fingerprint density at radius 3 is 1.84 bits per heavy atom. The van der Waals surface area contributed by atoms with E-state index in [2.05, 4.69) is 72.7 Å². The number of rotatable bonds is 5. The van der Waals surface area contributed by atoms with Gasteiger partial charge in [0.2, 0.25) is 0 Å². The lowest BCUT2D eigenvalue weighted by Gasteiger charge is -2.26. The van der Waals surface area contributed by atoms with E-state index in [0.717, 1.165) is 11.8 Å². The fourth-order valence-corrected chi connectivity index (χ4v) is 2.72. The van der Waals surface area contributed by atoms with Crippen molar-refractivity contribution in [3.63, 3.8) is 0 Å². The highest BCUT2D eigenvalue weighted by molar-refractivity contribution is 5.29. The van der Waals surface area contributed by atoms with Gasteiger partial charge in [0.25, 0.3) is 0 Å². The van der Waals surface area contributed by atoms with Crippen molar-refractivity contribution in [1.29, 1.82) is 0 Å². The van der Waals surface area contributed by atoms with Gasteiger partial charge in [0.1, 0.15) is 0 Å². The van der Waals surface area contributed by atoms with Crippen LogP contribution in [0.15, 0.2) is 24.3 Å². The molecule has 0 heteroatoms. The van der Waals surface area contributed by atoms with E-state index >= 15 is 0 Å². The lowest BCUT2D eigenvalue weighted by atomic mass is 9.78. The minimum Gasteiger partial charge on any atom is -0.0651 e. The summed E-state index contributed by atoms with van der Waals surface area (Å²) in [5.41, 5.74) is 3.21. The SMILES string of the molecule is CCC(C)C(CC(C)C)c1ccc(C(C)(C)C)cc1. The van der Waals surface area contributed by atoms with Gasteiger partial charge in [-0.1, -0.05) is 79.2 Å². The lowest BCUT2D eigenvalue weighted by molar-refractivity contribution is 0.377. The van der Waals surface area contributed by atoms with E-state index in [4.69, 9.17) is 0 Å². The zero-order valence-corrected chi connectivity index (χ0v) is 14.0. The van der Waals surface area contributed by atoms with E-state index < -0.39 is 0 Å². The smallest absolute Gasteiger partial charge is 0.0132 e. The summed E-state index contributed by atoms with van der Waals surface area (Å²) in [5, 5.41) is 0. The van der Waals surface area contributed by atoms with Crippen LogP contribution >= 0.6 is 0 Å². The van der Waals surface area contributed by atoms with Gasteiger partial charge in [-0.2, -0.15) is 0 Å². The fourth-order valence-electron chi connectivity index (χ4n) is 2.72. The largest absolute Gasteiger partial charge is 0.0651 e. The molecule has 1 aromatic carbocycles. The molecule has 0 saturated heterocycles. The summed E-state index contributed by atoms with van der Waals surface area (Å²) >= 11 is 0. The average molecular weight is 260 g/mol. The molecule has 0 radical (unpaired) electrons. The van der Waals surface area contributed by atoms with Crippen molar-refractivity contribution in [2.45, 2.75) is 72.6 Å². The Balaban J connectivity index is 2.97. The third kappa shape index (κ3) is 4.67. The molecular formula is C19H32. The maximum Gasteiger partial charge on any atom is -0.0132 e. The molecule has 2 unspecified atom stereocenters. The van der Waals surface area contributed by atoms with Crippen LogP contribution in [0, 0.1) is 11.8 Å². The van der Waals surface area contributed by atoms with Gasteiger partial charge in [-0.25, -0.2) is 0 Å². The predicted octanol–water partition coefficient (Wildman–Crippen LogP) is 6.16. The Morgan fingerprint density at radius 1 is 0.947 bits per heavy atom. The van der Waals surface area contributed by atoms with E-state index in [-0.39, 0.29) is 5.41 Å². The van der Waals surface area contributed by atoms with Crippen LogP contribution in [-0.2, 0) is 5.41 Å². The van der Waals surface area contributed by atoms with Gasteiger partial charge in [-0.05, 0) is 40.7 Å². The molecule has 0 aromatic heterocycles. The summed E-state index contributed by atoms with van der Waals surface area (Å²) in [4.78, 5) is 0. The molecule has 0 aliphatic rings. The summed E-state index contributed by atoms with van der Waals surface area (Å²) in [7, 11) is 0. The average Bonchev–Trinajstić information content (AvgIpc) is 2.34. The van der Waals surface area contributed by atoms with E-state index in [0.29, 0.717) is 5.92 Å². The summed E-state index contributed by atoms with van der Waals surface area (Å²) in [6.07, 6.45) is 2.56. The quantitative estimate of drug-likeness (QED) is 0.594. The van der Waals surface area contributed by atoms with Crippen molar-refractivity contribution in [1.82, 2.24) is 0 Å². The molecule has 0 amide bonds. The van der Waals surface area contributed by atoms with Crippen LogP contribution in [0.1, 0.15) is 78.4 Å². The molecule has 0 bridgehead atoms. The van der Waals surface area contributed by atoms with Gasteiger partial charge >= 0.3 is 0 Å². The summed E-state index contributed by atoms with van der Waals surface area (Å²) in [6.45, 7) is 16.2. The maximum absolute atomic E-state index is 2.39. The molecule has 0 heterocycles. The second-order valence-electron chi connectivity index (χ2n) is 7.49. The predicted molar refractivity (Wildman–Crippen MR) is 86.8 cm³/mol. The summed E-state index contributed by atoms with van der Waals surface area (Å²) < 4.78 is 0. The van der Waals surface area contributed by atoms with Crippen molar-refractivity contribution >= 4 is 0 Å². The summed E-state index contributed by atoms with van der Waals surface area (Å²) in [6, 6.07) is 9.37. The van der Waals surface area contributed by atoms with Gasteiger partial charge < -0.3 is 0 Å². The molecule has 0 spiro atoms. The Kier molecular flexibility index (Phi) is 5.64. The highest BCUT2D eigenvalue weighted by atomic mass is 14.3. The first kappa shape index (κ1) is 16.3. The second-order valence-corrected chi connectivity index (χ2v) is 7.49. The molecule has 108 valence electrons. The zero-order chi connectivity index (χ0) is 14.6. The van der Waals surface area contributed by atoms with E-state index in [1.807, 2.05) is 0 Å². The van der Waals surface area contributed by atoms with Gasteiger partial charge in [-0.15, -0.1) is 0 Å². The van der Waals surface area contributed by atoms with Crippen LogP contribution in [0.2, 0.25) is 0 Å². The third-order valence-corrected chi connectivity index (χ3v) is 4.26. The van der Waals surface area contributed by atoms with Gasteiger partial charge in [0.05, 0.1) is 0 Å². The van der Waals surface area contributed by atoms with Gasteiger partial charge in [-0.3, -0.25) is 0 Å². The topological polar surface area (TPSA) is 0 Å². The molecular weight excluding hydrogens is 228 g/mol. The molecule has 0 N–H and O–H groups in total. The van der Waals surface area contributed by atoms with Crippen molar-refractivity contribution in [3.05, 3.63) is 35.4 Å². The molecule has 2 atom stereocenters. The molecule has 0 aliphatic heterocycles. The molecule has 0 aliphatic carbocycles. The van der Waals surface area contributed by atoms with Crippen molar-refractivity contribution < 1.29 is 0 Å². The highest BCUT2D eigenvalue weighted by Gasteiger charge is 2.20. The van der Waals surface area contributed by atoms with Gasteiger partial charge in [0.15, 0.2) is 0 Å². The number of hydrogen-bond acceptors (Lipinski definition) is 0. The first-order chi connectivity index (χ1) is 8.75. The first-order valence-corrected chi connectivity index (χ1v) is 7.86. The van der Waals surface area contributed by atoms with Crippen LogP contribution in [0.5, 0.6) is 0 Å². The minimum absolute atomic E-state index is 0.252. The van der Waals surface area contributed by atoms with Gasteiger partial charge in [0, 0.05) is 0 Å². The zero-order valence-electron chi connectivity index (χ0n) is 14.0. The van der Waals surface area contributed by atoms with Crippen molar-refractivity contribution in [2.24, 2.45) is 11.8 Å². The molecule has 0 fully saturated rings. The Morgan fingerprint density at radius 2 is 1.47 bits per heavy atom. The van der Waals surface area contributed by atoms with Crippen molar-refractivity contribution in [2.75, 3.05) is 0 Å². The molecule has 0 saturated carbocycles. The first-order valence-electron chi connectivity index (χ1n) is 7.86. The fraction of sp³-hybridized carbons (Fsp3) is 0.684. The minimum atomic E-state index is 0.252. The second kappa shape index (κ2) is 6.59. The number of benzene rings is 1. The Bertz CT molecular complexity index is 364. The monoisotopic (exact) mass is 260 g/mol. The number of hydrogen-bond donors (Lipinski definition) is 0. The molecule has 1 aromatic rings. The molecule has 19 heavy (non-hydrogen) atoms. The summed E-state index contributed by atoms with van der Waals surface area (Å²) in [5.74, 6) is 2.24. The highest BCUT2D eigenvalue weighted by Crippen LogP contribution is 2.34. The van der Waals surface area contributed by atoms with E-state index in [1.54, 1.807) is 0 Å². The van der Waals surface area contributed by atoms with Crippen LogP contribution in [0.4, 0.5) is 0 Å². The van der Waals surface area contributed by atoms with Crippen LogP contribution in [0.25, 0.3) is 0 Å². The van der Waals surface area contributed by atoms with E-state index in [9.17, 15) is 0 Å². The van der Waals surface area contributed by atoms with Crippen molar-refractivity contribution in [3.8, 4) is 0 Å². The van der Waals surface area contributed by atoms with Crippen LogP contribution in [0.3, 0.4) is 0 Å². The molecule has 0 nitrogen and oxygen atoms in total. The van der Waals surface area contributed by atoms with Crippen LogP contribution < -0.4 is 0 Å². The van der Waals surface area contributed by atoms with E-state index in [1.165, 1.54) is 24.0 Å². The normalized spacial score (nSPS) is 15.6. The standard InChI is InChI=1S/C19H32/c1-8-15(4)18(13-14(2)3)16-9-11-17(12-10-16)19(5,6)7/h9-12,14-15,18H,8,13H2,1-7H3. The van der Waals surface area contributed by atoms with Crippen LogP contribution in [-0.4, -0.2) is 0 Å². The molecule has 1 rings (SSSR count). The Hall–Kier alpha value is -0.780.